The van der Waals surface area contributed by atoms with Crippen LogP contribution in [-0.2, 0) is 9.59 Å². The highest BCUT2D eigenvalue weighted by atomic mass is 19.1. The standard InChI is InChI=1S/C13H14FNO4/c14-10-6-7(4-5-11(10)16)15-12(17)8-2-1-3-9(8)13(18)19/h4-6,8-9,16H,1-3H2,(H,15,17)(H,18,19). The van der Waals surface area contributed by atoms with E-state index < -0.39 is 35.3 Å². The van der Waals surface area contributed by atoms with Crippen LogP contribution in [0, 0.1) is 17.7 Å². The summed E-state index contributed by atoms with van der Waals surface area (Å²) in [6, 6.07) is 3.49. The van der Waals surface area contributed by atoms with Crippen LogP contribution >= 0.6 is 0 Å². The summed E-state index contributed by atoms with van der Waals surface area (Å²) in [6.45, 7) is 0. The SMILES string of the molecule is O=C(O)C1CCCC1C(=O)Nc1ccc(O)c(F)c1. The zero-order chi connectivity index (χ0) is 14.0. The molecule has 3 N–H and O–H groups in total. The number of anilines is 1. The lowest BCUT2D eigenvalue weighted by Gasteiger charge is -2.15. The second-order valence-electron chi connectivity index (χ2n) is 4.64. The third kappa shape index (κ3) is 2.83. The number of benzene rings is 1. The molecule has 1 fully saturated rings. The molecule has 19 heavy (non-hydrogen) atoms. The number of hydrogen-bond donors (Lipinski definition) is 3. The van der Waals surface area contributed by atoms with Crippen LogP contribution in [0.1, 0.15) is 19.3 Å². The first-order chi connectivity index (χ1) is 8.99. The average Bonchev–Trinajstić information content (AvgIpc) is 2.83. The molecule has 2 unspecified atom stereocenters. The highest BCUT2D eigenvalue weighted by Gasteiger charge is 2.37. The maximum Gasteiger partial charge on any atom is 0.307 e. The number of carboxylic acids is 1. The fourth-order valence-corrected chi connectivity index (χ4v) is 2.39. The first-order valence-electron chi connectivity index (χ1n) is 6.01. The number of carbonyl (C=O) groups is 2. The number of amides is 1. The Balaban J connectivity index is 2.08. The van der Waals surface area contributed by atoms with E-state index in [1.165, 1.54) is 6.07 Å². The zero-order valence-corrected chi connectivity index (χ0v) is 10.1. The van der Waals surface area contributed by atoms with E-state index in [0.717, 1.165) is 12.1 Å². The normalized spacial score (nSPS) is 22.2. The molecule has 1 aromatic rings. The van der Waals surface area contributed by atoms with Gasteiger partial charge in [-0.05, 0) is 25.0 Å². The van der Waals surface area contributed by atoms with Crippen molar-refractivity contribution in [2.75, 3.05) is 5.32 Å². The van der Waals surface area contributed by atoms with Crippen molar-refractivity contribution in [3.05, 3.63) is 24.0 Å². The molecule has 1 aliphatic carbocycles. The molecular formula is C13H14FNO4. The number of aliphatic carboxylic acids is 1. The fourth-order valence-electron chi connectivity index (χ4n) is 2.39. The number of hydrogen-bond acceptors (Lipinski definition) is 3. The van der Waals surface area contributed by atoms with Gasteiger partial charge in [-0.2, -0.15) is 0 Å². The van der Waals surface area contributed by atoms with Gasteiger partial charge in [0.1, 0.15) is 0 Å². The molecule has 0 heterocycles. The minimum absolute atomic E-state index is 0.205. The monoisotopic (exact) mass is 267 g/mol. The van der Waals surface area contributed by atoms with Gasteiger partial charge in [0.2, 0.25) is 5.91 Å². The minimum Gasteiger partial charge on any atom is -0.505 e. The summed E-state index contributed by atoms with van der Waals surface area (Å²) in [6.07, 6.45) is 1.69. The highest BCUT2D eigenvalue weighted by Crippen LogP contribution is 2.33. The van der Waals surface area contributed by atoms with Crippen molar-refractivity contribution in [1.82, 2.24) is 0 Å². The maximum atomic E-state index is 13.1. The lowest BCUT2D eigenvalue weighted by molar-refractivity contribution is -0.145. The smallest absolute Gasteiger partial charge is 0.307 e. The van der Waals surface area contributed by atoms with Gasteiger partial charge in [-0.25, -0.2) is 4.39 Å². The third-order valence-electron chi connectivity index (χ3n) is 3.39. The van der Waals surface area contributed by atoms with Crippen molar-refractivity contribution in [3.8, 4) is 5.75 Å². The van der Waals surface area contributed by atoms with Crippen LogP contribution in [0.3, 0.4) is 0 Å². The predicted octanol–water partition coefficient (Wildman–Crippen LogP) is 1.97. The van der Waals surface area contributed by atoms with Gasteiger partial charge < -0.3 is 15.5 Å². The average molecular weight is 267 g/mol. The van der Waals surface area contributed by atoms with E-state index in [1.807, 2.05) is 0 Å². The van der Waals surface area contributed by atoms with E-state index in [2.05, 4.69) is 5.32 Å². The van der Waals surface area contributed by atoms with Crippen LogP contribution in [0.2, 0.25) is 0 Å². The molecule has 6 heteroatoms. The number of halogens is 1. The van der Waals surface area contributed by atoms with Gasteiger partial charge in [-0.15, -0.1) is 0 Å². The Hall–Kier alpha value is -2.11. The van der Waals surface area contributed by atoms with Gasteiger partial charge in [0.15, 0.2) is 11.6 Å². The van der Waals surface area contributed by atoms with Gasteiger partial charge in [0.25, 0.3) is 0 Å². The van der Waals surface area contributed by atoms with E-state index in [0.29, 0.717) is 19.3 Å². The minimum atomic E-state index is -0.977. The van der Waals surface area contributed by atoms with Crippen molar-refractivity contribution in [1.29, 1.82) is 0 Å². The Kier molecular flexibility index (Phi) is 3.69. The van der Waals surface area contributed by atoms with Crippen molar-refractivity contribution in [3.63, 3.8) is 0 Å². The number of phenols is 1. The van der Waals surface area contributed by atoms with Crippen molar-refractivity contribution in [2.45, 2.75) is 19.3 Å². The Morgan fingerprint density at radius 3 is 2.58 bits per heavy atom. The second kappa shape index (κ2) is 5.26. The first kappa shape index (κ1) is 13.3. The summed E-state index contributed by atoms with van der Waals surface area (Å²) in [5.74, 6) is -4.00. The summed E-state index contributed by atoms with van der Waals surface area (Å²) in [5.41, 5.74) is 0.205. The number of phenolic OH excluding ortho intramolecular Hbond substituents is 1. The summed E-state index contributed by atoms with van der Waals surface area (Å²) in [5, 5.41) is 20.5. The summed E-state index contributed by atoms with van der Waals surface area (Å²) in [7, 11) is 0. The molecule has 5 nitrogen and oxygen atoms in total. The van der Waals surface area contributed by atoms with Crippen LogP contribution in [0.25, 0.3) is 0 Å². The summed E-state index contributed by atoms with van der Waals surface area (Å²) in [4.78, 5) is 23.0. The number of nitrogens with one attached hydrogen (secondary N) is 1. The van der Waals surface area contributed by atoms with E-state index in [4.69, 9.17) is 10.2 Å². The van der Waals surface area contributed by atoms with Gasteiger partial charge in [-0.3, -0.25) is 9.59 Å². The van der Waals surface area contributed by atoms with E-state index >= 15 is 0 Å². The van der Waals surface area contributed by atoms with Crippen molar-refractivity contribution in [2.24, 2.45) is 11.8 Å². The molecule has 102 valence electrons. The zero-order valence-electron chi connectivity index (χ0n) is 10.1. The molecule has 1 aliphatic rings. The van der Waals surface area contributed by atoms with Gasteiger partial charge in [0.05, 0.1) is 11.8 Å². The molecule has 1 saturated carbocycles. The Bertz CT molecular complexity index is 517. The lowest BCUT2D eigenvalue weighted by atomic mass is 9.95. The molecule has 1 amide bonds. The molecule has 0 spiro atoms. The van der Waals surface area contributed by atoms with Gasteiger partial charge >= 0.3 is 5.97 Å². The van der Waals surface area contributed by atoms with Crippen molar-refractivity contribution >= 4 is 17.6 Å². The second-order valence-corrected chi connectivity index (χ2v) is 4.64. The molecule has 2 rings (SSSR count). The van der Waals surface area contributed by atoms with Crippen LogP contribution < -0.4 is 5.32 Å². The molecule has 0 saturated heterocycles. The van der Waals surface area contributed by atoms with Crippen LogP contribution in [0.4, 0.5) is 10.1 Å². The van der Waals surface area contributed by atoms with Crippen LogP contribution in [0.15, 0.2) is 18.2 Å². The Labute approximate surface area is 109 Å². The van der Waals surface area contributed by atoms with Gasteiger partial charge in [-0.1, -0.05) is 6.42 Å². The molecule has 0 radical (unpaired) electrons. The largest absolute Gasteiger partial charge is 0.505 e. The molecule has 0 bridgehead atoms. The van der Waals surface area contributed by atoms with E-state index in [1.54, 1.807) is 0 Å². The fraction of sp³-hybridized carbons (Fsp3) is 0.385. The van der Waals surface area contributed by atoms with Gasteiger partial charge in [0, 0.05) is 11.8 Å². The lowest BCUT2D eigenvalue weighted by Crippen LogP contribution is -2.30. The summed E-state index contributed by atoms with van der Waals surface area (Å²) >= 11 is 0. The summed E-state index contributed by atoms with van der Waals surface area (Å²) < 4.78 is 13.1. The molecule has 1 aromatic carbocycles. The Morgan fingerprint density at radius 2 is 1.95 bits per heavy atom. The Morgan fingerprint density at radius 1 is 1.26 bits per heavy atom. The molecule has 0 aliphatic heterocycles. The number of rotatable bonds is 3. The molecule has 2 atom stereocenters. The highest BCUT2D eigenvalue weighted by molar-refractivity contribution is 5.95. The third-order valence-corrected chi connectivity index (χ3v) is 3.39. The van der Waals surface area contributed by atoms with Crippen molar-refractivity contribution < 1.29 is 24.2 Å². The van der Waals surface area contributed by atoms with E-state index in [-0.39, 0.29) is 5.69 Å². The predicted molar refractivity (Wildman–Crippen MR) is 65.2 cm³/mol. The first-order valence-corrected chi connectivity index (χ1v) is 6.01. The van der Waals surface area contributed by atoms with Crippen LogP contribution in [0.5, 0.6) is 5.75 Å². The quantitative estimate of drug-likeness (QED) is 0.731. The number of aromatic hydroxyl groups is 1. The molecule has 0 aromatic heterocycles. The number of carboxylic acid groups (broad SMARTS) is 1. The topological polar surface area (TPSA) is 86.6 Å². The van der Waals surface area contributed by atoms with Crippen LogP contribution in [-0.4, -0.2) is 22.1 Å². The maximum absolute atomic E-state index is 13.1. The molecular weight excluding hydrogens is 253 g/mol. The van der Waals surface area contributed by atoms with E-state index in [9.17, 15) is 14.0 Å². The number of carbonyl (C=O) groups excluding carboxylic acids is 1.